The topological polar surface area (TPSA) is 34.9 Å². The maximum Gasteiger partial charge on any atom is 0.188 e. The predicted octanol–water partition coefficient (Wildman–Crippen LogP) is 3.79. The summed E-state index contributed by atoms with van der Waals surface area (Å²) in [6.45, 7) is 0. The zero-order valence-corrected chi connectivity index (χ0v) is 12.1. The second kappa shape index (κ2) is 5.30. The van der Waals surface area contributed by atoms with E-state index in [2.05, 4.69) is 5.10 Å². The summed E-state index contributed by atoms with van der Waals surface area (Å²) in [6.07, 6.45) is 0.0973. The summed E-state index contributed by atoms with van der Waals surface area (Å²) in [7, 11) is 1.80. The minimum absolute atomic E-state index is 0.0973. The zero-order valence-electron chi connectivity index (χ0n) is 11.3. The van der Waals surface area contributed by atoms with E-state index in [1.54, 1.807) is 11.7 Å². The third-order valence-corrected chi connectivity index (χ3v) is 3.74. The van der Waals surface area contributed by atoms with Crippen molar-refractivity contribution >= 4 is 28.3 Å². The average molecular weight is 303 g/mol. The molecule has 5 heteroatoms. The number of aryl methyl sites for hydroxylation is 1. The number of fused-ring (bicyclic) bond motifs is 1. The Bertz CT molecular complexity index is 841. The molecule has 2 aromatic carbocycles. The van der Waals surface area contributed by atoms with E-state index < -0.39 is 5.82 Å². The van der Waals surface area contributed by atoms with Gasteiger partial charge >= 0.3 is 0 Å². The van der Waals surface area contributed by atoms with Crippen LogP contribution in [-0.2, 0) is 13.5 Å². The molecule has 21 heavy (non-hydrogen) atoms. The molecule has 0 aliphatic heterocycles. The monoisotopic (exact) mass is 302 g/mol. The molecule has 3 rings (SSSR count). The Morgan fingerprint density at radius 3 is 2.81 bits per heavy atom. The van der Waals surface area contributed by atoms with Crippen molar-refractivity contribution in [3.8, 4) is 0 Å². The van der Waals surface area contributed by atoms with Crippen molar-refractivity contribution < 1.29 is 9.18 Å². The molecule has 0 aliphatic carbocycles. The van der Waals surface area contributed by atoms with Gasteiger partial charge in [0.15, 0.2) is 5.78 Å². The first-order chi connectivity index (χ1) is 10.1. The zero-order chi connectivity index (χ0) is 15.0. The summed E-state index contributed by atoms with van der Waals surface area (Å²) in [6, 6.07) is 11.6. The number of ketones is 1. The van der Waals surface area contributed by atoms with Gasteiger partial charge in [-0.3, -0.25) is 9.48 Å². The molecule has 1 aromatic heterocycles. The standard InChI is InChI=1S/C16H12ClFN2O/c1-20-14-5-3-2-4-12(14)16(19-20)15(21)8-10-6-7-11(18)9-13(10)17/h2-7,9H,8H2,1H3. The van der Waals surface area contributed by atoms with E-state index >= 15 is 0 Å². The van der Waals surface area contributed by atoms with E-state index in [-0.39, 0.29) is 17.2 Å². The number of carbonyl (C=O) groups excluding carboxylic acids is 1. The maximum absolute atomic E-state index is 13.0. The van der Waals surface area contributed by atoms with Gasteiger partial charge in [-0.2, -0.15) is 5.10 Å². The molecular formula is C16H12ClFN2O. The number of rotatable bonds is 3. The molecule has 0 aliphatic rings. The van der Waals surface area contributed by atoms with Gasteiger partial charge in [0.25, 0.3) is 0 Å². The molecule has 0 atom stereocenters. The van der Waals surface area contributed by atoms with Crippen molar-refractivity contribution in [2.75, 3.05) is 0 Å². The second-order valence-corrected chi connectivity index (χ2v) is 5.23. The van der Waals surface area contributed by atoms with Crippen LogP contribution in [-0.4, -0.2) is 15.6 Å². The predicted molar refractivity (Wildman–Crippen MR) is 80.2 cm³/mol. The highest BCUT2D eigenvalue weighted by Gasteiger charge is 2.17. The van der Waals surface area contributed by atoms with Crippen molar-refractivity contribution in [3.05, 3.63) is 64.6 Å². The van der Waals surface area contributed by atoms with Crippen molar-refractivity contribution in [3.63, 3.8) is 0 Å². The Labute approximate surface area is 126 Å². The molecule has 0 bridgehead atoms. The fourth-order valence-corrected chi connectivity index (χ4v) is 2.58. The molecule has 0 radical (unpaired) electrons. The van der Waals surface area contributed by atoms with E-state index in [0.717, 1.165) is 10.9 Å². The van der Waals surface area contributed by atoms with Gasteiger partial charge in [0.2, 0.25) is 0 Å². The van der Waals surface area contributed by atoms with Crippen LogP contribution < -0.4 is 0 Å². The van der Waals surface area contributed by atoms with Crippen LogP contribution in [0.2, 0.25) is 5.02 Å². The number of hydrogen-bond acceptors (Lipinski definition) is 2. The average Bonchev–Trinajstić information content (AvgIpc) is 2.80. The lowest BCUT2D eigenvalue weighted by Crippen LogP contribution is -2.06. The highest BCUT2D eigenvalue weighted by molar-refractivity contribution is 6.31. The number of nitrogens with zero attached hydrogens (tertiary/aromatic N) is 2. The molecule has 0 N–H and O–H groups in total. The Kier molecular flexibility index (Phi) is 3.47. The van der Waals surface area contributed by atoms with Gasteiger partial charge in [-0.1, -0.05) is 35.9 Å². The van der Waals surface area contributed by atoms with E-state index in [0.29, 0.717) is 11.3 Å². The van der Waals surface area contributed by atoms with Crippen LogP contribution in [0.4, 0.5) is 4.39 Å². The summed E-state index contributed by atoms with van der Waals surface area (Å²) in [5.74, 6) is -0.556. The third-order valence-electron chi connectivity index (χ3n) is 3.39. The normalized spacial score (nSPS) is 11.0. The van der Waals surface area contributed by atoms with Gasteiger partial charge in [-0.05, 0) is 23.8 Å². The van der Waals surface area contributed by atoms with Crippen molar-refractivity contribution in [1.82, 2.24) is 9.78 Å². The van der Waals surface area contributed by atoms with Gasteiger partial charge in [-0.25, -0.2) is 4.39 Å². The fourth-order valence-electron chi connectivity index (χ4n) is 2.34. The molecule has 3 nitrogen and oxygen atoms in total. The summed E-state index contributed by atoms with van der Waals surface area (Å²) in [5.41, 5.74) is 1.90. The summed E-state index contributed by atoms with van der Waals surface area (Å²) in [4.78, 5) is 12.5. The summed E-state index contributed by atoms with van der Waals surface area (Å²) < 4.78 is 14.7. The van der Waals surface area contributed by atoms with Crippen LogP contribution in [0.15, 0.2) is 42.5 Å². The molecule has 0 unspecified atom stereocenters. The maximum atomic E-state index is 13.0. The van der Waals surface area contributed by atoms with E-state index in [4.69, 9.17) is 11.6 Å². The van der Waals surface area contributed by atoms with Gasteiger partial charge in [0, 0.05) is 23.9 Å². The molecule has 1 heterocycles. The largest absolute Gasteiger partial charge is 0.292 e. The highest BCUT2D eigenvalue weighted by Crippen LogP contribution is 2.22. The Morgan fingerprint density at radius 2 is 2.05 bits per heavy atom. The molecular weight excluding hydrogens is 291 g/mol. The molecule has 106 valence electrons. The number of benzene rings is 2. The summed E-state index contributed by atoms with van der Waals surface area (Å²) in [5, 5.41) is 5.34. The fraction of sp³-hybridized carbons (Fsp3) is 0.125. The minimum atomic E-state index is -0.417. The molecule has 0 saturated carbocycles. The minimum Gasteiger partial charge on any atom is -0.292 e. The number of carbonyl (C=O) groups is 1. The van der Waals surface area contributed by atoms with E-state index in [9.17, 15) is 9.18 Å². The van der Waals surface area contributed by atoms with Crippen LogP contribution in [0.3, 0.4) is 0 Å². The third kappa shape index (κ3) is 2.54. The van der Waals surface area contributed by atoms with Crippen LogP contribution in [0.1, 0.15) is 16.1 Å². The number of hydrogen-bond donors (Lipinski definition) is 0. The highest BCUT2D eigenvalue weighted by atomic mass is 35.5. The first kappa shape index (κ1) is 13.8. The van der Waals surface area contributed by atoms with Gasteiger partial charge < -0.3 is 0 Å². The number of aromatic nitrogens is 2. The smallest absolute Gasteiger partial charge is 0.188 e. The molecule has 0 fully saturated rings. The Hall–Kier alpha value is -2.20. The first-order valence-corrected chi connectivity index (χ1v) is 6.83. The lowest BCUT2D eigenvalue weighted by Gasteiger charge is -2.02. The molecule has 0 amide bonds. The van der Waals surface area contributed by atoms with E-state index in [1.165, 1.54) is 18.2 Å². The van der Waals surface area contributed by atoms with Crippen molar-refractivity contribution in [2.45, 2.75) is 6.42 Å². The Balaban J connectivity index is 1.98. The Morgan fingerprint density at radius 1 is 1.29 bits per heavy atom. The lowest BCUT2D eigenvalue weighted by molar-refractivity contribution is 0.0989. The molecule has 0 spiro atoms. The van der Waals surface area contributed by atoms with Gasteiger partial charge in [0.1, 0.15) is 11.5 Å². The number of Topliss-reactive ketones (excluding diaryl/α,β-unsaturated/α-hetero) is 1. The molecule has 0 saturated heterocycles. The van der Waals surface area contributed by atoms with Crippen LogP contribution in [0.25, 0.3) is 10.9 Å². The van der Waals surface area contributed by atoms with Crippen LogP contribution in [0.5, 0.6) is 0 Å². The number of halogens is 2. The van der Waals surface area contributed by atoms with E-state index in [1.807, 2.05) is 24.3 Å². The van der Waals surface area contributed by atoms with Crippen molar-refractivity contribution in [1.29, 1.82) is 0 Å². The van der Waals surface area contributed by atoms with Crippen LogP contribution in [0, 0.1) is 5.82 Å². The summed E-state index contributed by atoms with van der Waals surface area (Å²) >= 11 is 5.97. The van der Waals surface area contributed by atoms with Gasteiger partial charge in [0.05, 0.1) is 5.52 Å². The first-order valence-electron chi connectivity index (χ1n) is 6.45. The van der Waals surface area contributed by atoms with Gasteiger partial charge in [-0.15, -0.1) is 0 Å². The lowest BCUT2D eigenvalue weighted by atomic mass is 10.0. The quantitative estimate of drug-likeness (QED) is 0.690. The van der Waals surface area contributed by atoms with Crippen LogP contribution >= 0.6 is 11.6 Å². The number of para-hydroxylation sites is 1. The molecule has 3 aromatic rings. The SMILES string of the molecule is Cn1nc(C(=O)Cc2ccc(F)cc2Cl)c2ccccc21. The van der Waals surface area contributed by atoms with Crippen molar-refractivity contribution in [2.24, 2.45) is 7.05 Å². The second-order valence-electron chi connectivity index (χ2n) is 4.83.